The van der Waals surface area contributed by atoms with Crippen LogP contribution in [0.15, 0.2) is 0 Å². The molecule has 2 fully saturated rings. The van der Waals surface area contributed by atoms with Gasteiger partial charge in [0.15, 0.2) is 5.11 Å². The molecule has 0 aromatic heterocycles. The van der Waals surface area contributed by atoms with Gasteiger partial charge in [0.25, 0.3) is 11.8 Å². The molecule has 8 nitrogen and oxygen atoms in total. The lowest BCUT2D eigenvalue weighted by atomic mass is 10.4. The summed E-state index contributed by atoms with van der Waals surface area (Å²) in [7, 11) is 0. The highest BCUT2D eigenvalue weighted by atomic mass is 32.1. The van der Waals surface area contributed by atoms with E-state index in [0.29, 0.717) is 23.5 Å². The summed E-state index contributed by atoms with van der Waals surface area (Å²) in [5.74, 6) is -1.62. The quantitative estimate of drug-likeness (QED) is 0.463. The normalized spacial score (nSPS) is 20.7. The Morgan fingerprint density at radius 2 is 1.78 bits per heavy atom. The molecule has 0 aliphatic carbocycles. The molecule has 98 valence electrons. The zero-order valence-electron chi connectivity index (χ0n) is 9.47. The summed E-state index contributed by atoms with van der Waals surface area (Å²) in [6.07, 6.45) is 0.181. The number of carbonyl (C=O) groups excluding carboxylic acids is 3. The Labute approximate surface area is 108 Å². The maximum absolute atomic E-state index is 11.5. The molecule has 9 heteroatoms. The molecule has 0 radical (unpaired) electrons. The van der Waals surface area contributed by atoms with Crippen molar-refractivity contribution in [1.29, 1.82) is 0 Å². The van der Waals surface area contributed by atoms with E-state index in [9.17, 15) is 14.4 Å². The van der Waals surface area contributed by atoms with Crippen molar-refractivity contribution in [3.63, 3.8) is 0 Å². The van der Waals surface area contributed by atoms with Crippen molar-refractivity contribution in [3.05, 3.63) is 0 Å². The van der Waals surface area contributed by atoms with Crippen molar-refractivity contribution in [2.45, 2.75) is 12.8 Å². The topological polar surface area (TPSA) is 91.0 Å². The van der Waals surface area contributed by atoms with Crippen molar-refractivity contribution in [2.24, 2.45) is 0 Å². The van der Waals surface area contributed by atoms with Gasteiger partial charge in [0, 0.05) is 12.8 Å². The number of hydrogen-bond acceptors (Lipinski definition) is 6. The van der Waals surface area contributed by atoms with Gasteiger partial charge in [-0.15, -0.1) is 5.06 Å². The summed E-state index contributed by atoms with van der Waals surface area (Å²) in [5.41, 5.74) is 0. The van der Waals surface area contributed by atoms with E-state index in [0.717, 1.165) is 0 Å². The Hall–Kier alpha value is -1.74. The van der Waals surface area contributed by atoms with Crippen LogP contribution in [0.25, 0.3) is 0 Å². The van der Waals surface area contributed by atoms with E-state index in [1.54, 1.807) is 4.90 Å². The molecule has 2 N–H and O–H groups in total. The predicted octanol–water partition coefficient (Wildman–Crippen LogP) is -1.71. The number of nitrogens with zero attached hydrogens (tertiary/aromatic N) is 2. The lowest BCUT2D eigenvalue weighted by molar-refractivity contribution is -0.198. The van der Waals surface area contributed by atoms with E-state index in [1.165, 1.54) is 0 Å². The van der Waals surface area contributed by atoms with Crippen LogP contribution in [0.3, 0.4) is 0 Å². The molecule has 0 spiro atoms. The number of hydroxylamine groups is 2. The van der Waals surface area contributed by atoms with Crippen molar-refractivity contribution in [2.75, 3.05) is 19.9 Å². The summed E-state index contributed by atoms with van der Waals surface area (Å²) < 4.78 is 0. The molecule has 0 aromatic rings. The fraction of sp³-hybridized carbons (Fsp3) is 0.556. The first-order valence-electron chi connectivity index (χ1n) is 5.37. The molecule has 0 atom stereocenters. The second kappa shape index (κ2) is 5.27. The molecule has 2 heterocycles. The van der Waals surface area contributed by atoms with E-state index in [1.807, 2.05) is 0 Å². The van der Waals surface area contributed by atoms with Gasteiger partial charge in [0.05, 0.1) is 13.3 Å². The number of imide groups is 1. The summed E-state index contributed by atoms with van der Waals surface area (Å²) in [5, 5.41) is 6.74. The molecular weight excluding hydrogens is 260 g/mol. The van der Waals surface area contributed by atoms with Gasteiger partial charge in [-0.1, -0.05) is 0 Å². The largest absolute Gasteiger partial charge is 0.350 e. The molecule has 0 aromatic carbocycles. The zero-order valence-corrected chi connectivity index (χ0v) is 10.3. The van der Waals surface area contributed by atoms with Crippen molar-refractivity contribution in [1.82, 2.24) is 20.6 Å². The SMILES string of the molecule is O=C(CN1CNC(=S)NC1)ON1C(=O)CCC1=O. The third-order valence-corrected chi connectivity index (χ3v) is 2.77. The average Bonchev–Trinajstić information content (AvgIpc) is 2.64. The molecule has 2 saturated heterocycles. The first-order valence-corrected chi connectivity index (χ1v) is 5.78. The molecule has 0 bridgehead atoms. The summed E-state index contributed by atoms with van der Waals surface area (Å²) in [6.45, 7) is 0.769. The van der Waals surface area contributed by atoms with Crippen LogP contribution in [-0.2, 0) is 19.2 Å². The average molecular weight is 272 g/mol. The van der Waals surface area contributed by atoms with Gasteiger partial charge in [-0.3, -0.25) is 14.5 Å². The Bertz CT molecular complexity index is 387. The minimum absolute atomic E-state index is 0.0420. The van der Waals surface area contributed by atoms with Crippen molar-refractivity contribution in [3.8, 4) is 0 Å². The van der Waals surface area contributed by atoms with Crippen LogP contribution in [0.1, 0.15) is 12.8 Å². The minimum atomic E-state index is -0.657. The molecule has 2 aliphatic rings. The van der Waals surface area contributed by atoms with Crippen LogP contribution in [0, 0.1) is 0 Å². The molecule has 0 saturated carbocycles. The first-order chi connectivity index (χ1) is 8.56. The van der Waals surface area contributed by atoms with Crippen molar-refractivity contribution < 1.29 is 19.2 Å². The number of thiocarbonyl (C=S) groups is 1. The molecule has 2 rings (SSSR count). The van der Waals surface area contributed by atoms with E-state index in [4.69, 9.17) is 17.1 Å². The minimum Gasteiger partial charge on any atom is -0.350 e. The number of nitrogens with one attached hydrogen (secondary N) is 2. The summed E-state index contributed by atoms with van der Waals surface area (Å²) in [4.78, 5) is 40.4. The lowest BCUT2D eigenvalue weighted by Crippen LogP contribution is -2.55. The van der Waals surface area contributed by atoms with E-state index in [-0.39, 0.29) is 19.4 Å². The van der Waals surface area contributed by atoms with Crippen LogP contribution in [0.4, 0.5) is 0 Å². The molecule has 0 unspecified atom stereocenters. The maximum Gasteiger partial charge on any atom is 0.347 e. The van der Waals surface area contributed by atoms with Gasteiger partial charge in [-0.25, -0.2) is 4.79 Å². The van der Waals surface area contributed by atoms with Gasteiger partial charge in [0.2, 0.25) is 0 Å². The molecular formula is C9H12N4O4S. The zero-order chi connectivity index (χ0) is 13.1. The monoisotopic (exact) mass is 272 g/mol. The van der Waals surface area contributed by atoms with E-state index in [2.05, 4.69) is 10.6 Å². The van der Waals surface area contributed by atoms with E-state index < -0.39 is 17.8 Å². The van der Waals surface area contributed by atoms with Crippen LogP contribution in [0.5, 0.6) is 0 Å². The van der Waals surface area contributed by atoms with Gasteiger partial charge in [-0.2, -0.15) is 0 Å². The maximum atomic E-state index is 11.5. The van der Waals surface area contributed by atoms with Gasteiger partial charge in [-0.05, 0) is 12.2 Å². The van der Waals surface area contributed by atoms with Crippen LogP contribution in [0.2, 0.25) is 0 Å². The fourth-order valence-corrected chi connectivity index (χ4v) is 1.70. The number of hydrogen-bond donors (Lipinski definition) is 2. The van der Waals surface area contributed by atoms with Crippen LogP contribution in [-0.4, -0.2) is 52.7 Å². The first kappa shape index (κ1) is 12.7. The standard InChI is InChI=1S/C9H12N4O4S/c14-6-1-2-7(15)13(6)17-8(16)3-12-4-10-9(18)11-5-12/h1-5H2,(H2,10,11,18). The number of amides is 2. The Morgan fingerprint density at radius 3 is 2.33 bits per heavy atom. The highest BCUT2D eigenvalue weighted by Crippen LogP contribution is 2.12. The third kappa shape index (κ3) is 2.93. The summed E-state index contributed by atoms with van der Waals surface area (Å²) in [6, 6.07) is 0. The highest BCUT2D eigenvalue weighted by molar-refractivity contribution is 7.80. The second-order valence-corrected chi connectivity index (χ2v) is 4.28. The van der Waals surface area contributed by atoms with Crippen LogP contribution >= 0.6 is 12.2 Å². The molecule has 2 amide bonds. The van der Waals surface area contributed by atoms with Crippen LogP contribution < -0.4 is 10.6 Å². The Morgan fingerprint density at radius 1 is 1.22 bits per heavy atom. The van der Waals surface area contributed by atoms with Crippen molar-refractivity contribution >= 4 is 35.1 Å². The van der Waals surface area contributed by atoms with Gasteiger partial charge >= 0.3 is 5.97 Å². The summed E-state index contributed by atoms with van der Waals surface area (Å²) >= 11 is 4.86. The number of carbonyl (C=O) groups is 3. The smallest absolute Gasteiger partial charge is 0.347 e. The third-order valence-electron chi connectivity index (χ3n) is 2.48. The Kier molecular flexibility index (Phi) is 3.72. The second-order valence-electron chi connectivity index (χ2n) is 3.87. The fourth-order valence-electron chi connectivity index (χ4n) is 1.57. The van der Waals surface area contributed by atoms with Gasteiger partial charge < -0.3 is 15.5 Å². The molecule has 2 aliphatic heterocycles. The highest BCUT2D eigenvalue weighted by Gasteiger charge is 2.33. The Balaban J connectivity index is 1.80. The predicted molar refractivity (Wildman–Crippen MR) is 62.5 cm³/mol. The lowest BCUT2D eigenvalue weighted by Gasteiger charge is -2.28. The number of rotatable bonds is 3. The van der Waals surface area contributed by atoms with Gasteiger partial charge in [0.1, 0.15) is 6.54 Å². The van der Waals surface area contributed by atoms with E-state index >= 15 is 0 Å². The molecule has 18 heavy (non-hydrogen) atoms.